The molecule has 0 bridgehead atoms. The second-order valence-electron chi connectivity index (χ2n) is 6.72. The van der Waals surface area contributed by atoms with Crippen LogP contribution in [-0.2, 0) is 0 Å². The Kier molecular flexibility index (Phi) is 3.86. The zero-order valence-electron chi connectivity index (χ0n) is 14.6. The Hall–Kier alpha value is -3.27. The lowest BCUT2D eigenvalue weighted by molar-refractivity contribution is 0.0687. The summed E-state index contributed by atoms with van der Waals surface area (Å²) in [7, 11) is 0. The molecule has 10 heteroatoms. The number of thiophene rings is 1. The smallest absolute Gasteiger partial charge is 0.408 e. The lowest BCUT2D eigenvalue weighted by atomic mass is 10.0. The number of amides is 1. The molecule has 0 saturated carbocycles. The minimum absolute atomic E-state index is 0.0827. The van der Waals surface area contributed by atoms with Gasteiger partial charge in [-0.1, -0.05) is 5.21 Å². The van der Waals surface area contributed by atoms with E-state index in [1.807, 2.05) is 5.38 Å². The number of likely N-dealkylation sites (tertiary alicyclic amines) is 1. The number of hydrogen-bond donors (Lipinski definition) is 1. The number of hydrogen-bond acceptors (Lipinski definition) is 7. The number of carbonyl (C=O) groups excluding carboxylic acids is 1. The van der Waals surface area contributed by atoms with Gasteiger partial charge in [0.05, 0.1) is 11.6 Å². The number of aromatic amines is 1. The Morgan fingerprint density at radius 2 is 2.04 bits per heavy atom. The van der Waals surface area contributed by atoms with Crippen molar-refractivity contribution < 1.29 is 9.21 Å². The van der Waals surface area contributed by atoms with Gasteiger partial charge in [0.2, 0.25) is 0 Å². The van der Waals surface area contributed by atoms with Crippen molar-refractivity contribution in [3.8, 4) is 0 Å². The average molecular weight is 397 g/mol. The number of piperidine rings is 1. The molecule has 1 amide bonds. The Balaban J connectivity index is 1.34. The fourth-order valence-corrected chi connectivity index (χ4v) is 4.35. The standard InChI is InChI=1S/C18H15N5O4S/c24-16(10-1-2-12-14(9-10)27-18(26)19-12)22-6-3-11(4-7-22)23-17(25)15-13(20-21-23)5-8-28-15/h1-2,5,8-9,11H,3-4,6-7H2,(H,19,26). The van der Waals surface area contributed by atoms with Crippen LogP contribution in [0.15, 0.2) is 43.7 Å². The van der Waals surface area contributed by atoms with Gasteiger partial charge in [0.1, 0.15) is 10.2 Å². The highest BCUT2D eigenvalue weighted by molar-refractivity contribution is 7.17. The van der Waals surface area contributed by atoms with E-state index in [9.17, 15) is 14.4 Å². The third-order valence-electron chi connectivity index (χ3n) is 5.06. The molecular formula is C18H15N5O4S. The molecule has 0 unspecified atom stereocenters. The first-order valence-electron chi connectivity index (χ1n) is 8.85. The van der Waals surface area contributed by atoms with Gasteiger partial charge in [0, 0.05) is 18.7 Å². The molecule has 0 atom stereocenters. The number of H-pyrrole nitrogens is 1. The van der Waals surface area contributed by atoms with Crippen LogP contribution in [0, 0.1) is 0 Å². The van der Waals surface area contributed by atoms with Crippen LogP contribution >= 0.6 is 11.3 Å². The highest BCUT2D eigenvalue weighted by Crippen LogP contribution is 2.23. The molecule has 9 nitrogen and oxygen atoms in total. The summed E-state index contributed by atoms with van der Waals surface area (Å²) in [6, 6.07) is 6.60. The van der Waals surface area contributed by atoms with E-state index in [0.717, 1.165) is 0 Å². The van der Waals surface area contributed by atoms with Crippen molar-refractivity contribution in [2.24, 2.45) is 0 Å². The largest absolute Gasteiger partial charge is 0.417 e. The van der Waals surface area contributed by atoms with Gasteiger partial charge in [0.25, 0.3) is 11.5 Å². The van der Waals surface area contributed by atoms with Crippen molar-refractivity contribution in [2.45, 2.75) is 18.9 Å². The number of benzene rings is 1. The van der Waals surface area contributed by atoms with Gasteiger partial charge in [-0.2, -0.15) is 0 Å². The van der Waals surface area contributed by atoms with Crippen LogP contribution in [-0.4, -0.2) is 43.9 Å². The lowest BCUT2D eigenvalue weighted by Gasteiger charge is -2.32. The molecule has 142 valence electrons. The van der Waals surface area contributed by atoms with Gasteiger partial charge >= 0.3 is 5.76 Å². The summed E-state index contributed by atoms with van der Waals surface area (Å²) < 4.78 is 7.08. The number of rotatable bonds is 2. The first-order valence-corrected chi connectivity index (χ1v) is 9.73. The van der Waals surface area contributed by atoms with Crippen molar-refractivity contribution >= 4 is 38.6 Å². The fraction of sp³-hybridized carbons (Fsp3) is 0.278. The summed E-state index contributed by atoms with van der Waals surface area (Å²) >= 11 is 1.36. The molecule has 0 aliphatic carbocycles. The van der Waals surface area contributed by atoms with Crippen LogP contribution < -0.4 is 11.3 Å². The molecule has 1 N–H and O–H groups in total. The van der Waals surface area contributed by atoms with E-state index >= 15 is 0 Å². The maximum Gasteiger partial charge on any atom is 0.417 e. The monoisotopic (exact) mass is 397 g/mol. The molecule has 3 aromatic heterocycles. The molecule has 4 heterocycles. The van der Waals surface area contributed by atoms with E-state index in [4.69, 9.17) is 4.42 Å². The maximum atomic E-state index is 12.8. The zero-order chi connectivity index (χ0) is 19.3. The lowest BCUT2D eigenvalue weighted by Crippen LogP contribution is -2.41. The van der Waals surface area contributed by atoms with Crippen molar-refractivity contribution in [1.29, 1.82) is 0 Å². The van der Waals surface area contributed by atoms with Crippen LogP contribution in [0.5, 0.6) is 0 Å². The molecule has 1 aromatic carbocycles. The van der Waals surface area contributed by atoms with E-state index in [-0.39, 0.29) is 17.5 Å². The third kappa shape index (κ3) is 2.73. The number of nitrogens with one attached hydrogen (secondary N) is 1. The minimum Gasteiger partial charge on any atom is -0.408 e. The zero-order valence-corrected chi connectivity index (χ0v) is 15.4. The topological polar surface area (TPSA) is 114 Å². The van der Waals surface area contributed by atoms with Gasteiger partial charge in [-0.3, -0.25) is 14.6 Å². The van der Waals surface area contributed by atoms with E-state index in [1.165, 1.54) is 16.0 Å². The van der Waals surface area contributed by atoms with Crippen LogP contribution in [0.4, 0.5) is 0 Å². The van der Waals surface area contributed by atoms with Crippen molar-refractivity contribution in [3.63, 3.8) is 0 Å². The van der Waals surface area contributed by atoms with Gasteiger partial charge in [-0.05, 0) is 42.5 Å². The molecule has 0 spiro atoms. The first kappa shape index (κ1) is 16.9. The Morgan fingerprint density at radius 1 is 1.21 bits per heavy atom. The average Bonchev–Trinajstić information content (AvgIpc) is 3.33. The number of aromatic nitrogens is 4. The van der Waals surface area contributed by atoms with Crippen LogP contribution in [0.2, 0.25) is 0 Å². The highest BCUT2D eigenvalue weighted by Gasteiger charge is 2.27. The molecule has 1 aliphatic rings. The summed E-state index contributed by atoms with van der Waals surface area (Å²) in [6.45, 7) is 1.02. The predicted octanol–water partition coefficient (Wildman–Crippen LogP) is 1.76. The second kappa shape index (κ2) is 6.41. The van der Waals surface area contributed by atoms with Gasteiger partial charge in [-0.15, -0.1) is 16.4 Å². The molecule has 4 aromatic rings. The van der Waals surface area contributed by atoms with Crippen LogP contribution in [0.25, 0.3) is 21.3 Å². The van der Waals surface area contributed by atoms with Crippen molar-refractivity contribution in [1.82, 2.24) is 24.9 Å². The Labute approximate surface area is 161 Å². The quantitative estimate of drug-likeness (QED) is 0.551. The Morgan fingerprint density at radius 3 is 2.86 bits per heavy atom. The number of fused-ring (bicyclic) bond motifs is 2. The Bertz CT molecular complexity index is 1310. The fourth-order valence-electron chi connectivity index (χ4n) is 3.60. The van der Waals surface area contributed by atoms with Gasteiger partial charge in [-0.25, -0.2) is 9.48 Å². The first-order chi connectivity index (χ1) is 13.6. The van der Waals surface area contributed by atoms with E-state index < -0.39 is 5.76 Å². The molecule has 1 fully saturated rings. The van der Waals surface area contributed by atoms with E-state index in [2.05, 4.69) is 15.3 Å². The summed E-state index contributed by atoms with van der Waals surface area (Å²) in [4.78, 5) is 41.0. The van der Waals surface area contributed by atoms with E-state index in [0.29, 0.717) is 52.8 Å². The van der Waals surface area contributed by atoms with Crippen LogP contribution in [0.3, 0.4) is 0 Å². The summed E-state index contributed by atoms with van der Waals surface area (Å²) in [5.74, 6) is -0.675. The molecular weight excluding hydrogens is 382 g/mol. The minimum atomic E-state index is -0.547. The molecule has 1 aliphatic heterocycles. The van der Waals surface area contributed by atoms with Crippen LogP contribution in [0.1, 0.15) is 29.2 Å². The SMILES string of the molecule is O=C(c1ccc2[nH]c(=O)oc2c1)N1CCC(n2nnc3ccsc3c2=O)CC1. The molecule has 5 rings (SSSR count). The summed E-state index contributed by atoms with van der Waals surface area (Å²) in [6.07, 6.45) is 1.25. The molecule has 0 radical (unpaired) electrons. The summed E-state index contributed by atoms with van der Waals surface area (Å²) in [5.41, 5.74) is 1.87. The maximum absolute atomic E-state index is 12.8. The number of carbonyl (C=O) groups is 1. The van der Waals surface area contributed by atoms with Crippen molar-refractivity contribution in [3.05, 3.63) is 56.1 Å². The third-order valence-corrected chi connectivity index (χ3v) is 5.95. The van der Waals surface area contributed by atoms with E-state index in [1.54, 1.807) is 29.2 Å². The normalized spacial score (nSPS) is 15.5. The van der Waals surface area contributed by atoms with Crippen molar-refractivity contribution in [2.75, 3.05) is 13.1 Å². The highest BCUT2D eigenvalue weighted by atomic mass is 32.1. The molecule has 1 saturated heterocycles. The predicted molar refractivity (Wildman–Crippen MR) is 103 cm³/mol. The number of nitrogens with zero attached hydrogens (tertiary/aromatic N) is 4. The van der Waals surface area contributed by atoms with Gasteiger partial charge in [0.15, 0.2) is 5.58 Å². The van der Waals surface area contributed by atoms with Gasteiger partial charge < -0.3 is 9.32 Å². The summed E-state index contributed by atoms with van der Waals surface area (Å²) in [5, 5.41) is 10.0. The number of oxazole rings is 1. The molecule has 28 heavy (non-hydrogen) atoms. The second-order valence-corrected chi connectivity index (χ2v) is 7.64.